The highest BCUT2D eigenvalue weighted by molar-refractivity contribution is 6.32. The van der Waals surface area contributed by atoms with Crippen molar-refractivity contribution in [2.45, 2.75) is 26.9 Å². The van der Waals surface area contributed by atoms with Crippen LogP contribution in [-0.2, 0) is 17.8 Å². The Bertz CT molecular complexity index is 1130. The SMILES string of the molecule is CCOc1ccc(CC(=O)N/N=C\c2cc(Cl)c(OCc3ccccc3Cl)c(OCC)c2)cc1. The van der Waals surface area contributed by atoms with Crippen molar-refractivity contribution in [3.05, 3.63) is 87.4 Å². The average molecular weight is 501 g/mol. The molecule has 0 heterocycles. The molecule has 3 aromatic rings. The van der Waals surface area contributed by atoms with E-state index in [4.69, 9.17) is 37.4 Å². The number of carbonyl (C=O) groups is 1. The highest BCUT2D eigenvalue weighted by Crippen LogP contribution is 2.37. The fourth-order valence-corrected chi connectivity index (χ4v) is 3.57. The Morgan fingerprint density at radius 1 is 0.941 bits per heavy atom. The van der Waals surface area contributed by atoms with Gasteiger partial charge in [0.2, 0.25) is 5.91 Å². The number of nitrogens with one attached hydrogen (secondary N) is 1. The van der Waals surface area contributed by atoms with E-state index >= 15 is 0 Å². The molecule has 178 valence electrons. The Morgan fingerprint density at radius 2 is 1.68 bits per heavy atom. The molecule has 0 aliphatic rings. The Hall–Kier alpha value is -3.22. The van der Waals surface area contributed by atoms with Gasteiger partial charge < -0.3 is 14.2 Å². The van der Waals surface area contributed by atoms with Crippen molar-refractivity contribution in [1.29, 1.82) is 0 Å². The zero-order valence-electron chi connectivity index (χ0n) is 19.0. The zero-order chi connectivity index (χ0) is 24.3. The van der Waals surface area contributed by atoms with Crippen LogP contribution in [0.3, 0.4) is 0 Å². The maximum atomic E-state index is 12.2. The molecule has 0 aliphatic heterocycles. The van der Waals surface area contributed by atoms with Gasteiger partial charge in [0.1, 0.15) is 12.4 Å². The summed E-state index contributed by atoms with van der Waals surface area (Å²) in [5.74, 6) is 1.42. The summed E-state index contributed by atoms with van der Waals surface area (Å²) in [6, 6.07) is 18.2. The molecule has 3 rings (SSSR count). The van der Waals surface area contributed by atoms with Gasteiger partial charge in [-0.05, 0) is 55.3 Å². The van der Waals surface area contributed by atoms with Crippen LogP contribution in [0.1, 0.15) is 30.5 Å². The molecule has 0 fully saturated rings. The summed E-state index contributed by atoms with van der Waals surface area (Å²) in [6.07, 6.45) is 1.70. The van der Waals surface area contributed by atoms with Crippen molar-refractivity contribution in [3.63, 3.8) is 0 Å². The van der Waals surface area contributed by atoms with E-state index in [0.29, 0.717) is 40.3 Å². The van der Waals surface area contributed by atoms with Crippen molar-refractivity contribution >= 4 is 35.3 Å². The maximum absolute atomic E-state index is 12.2. The first-order valence-electron chi connectivity index (χ1n) is 10.9. The van der Waals surface area contributed by atoms with E-state index in [2.05, 4.69) is 10.5 Å². The second-order valence-electron chi connectivity index (χ2n) is 7.19. The number of nitrogens with zero attached hydrogens (tertiary/aromatic N) is 1. The monoisotopic (exact) mass is 500 g/mol. The largest absolute Gasteiger partial charge is 0.494 e. The summed E-state index contributed by atoms with van der Waals surface area (Å²) < 4.78 is 17.0. The second-order valence-corrected chi connectivity index (χ2v) is 8.00. The number of halogens is 2. The quantitative estimate of drug-likeness (QED) is 0.256. The first-order valence-corrected chi connectivity index (χ1v) is 11.6. The number of rotatable bonds is 11. The predicted molar refractivity (Wildman–Crippen MR) is 135 cm³/mol. The van der Waals surface area contributed by atoms with E-state index in [9.17, 15) is 4.79 Å². The molecule has 0 bridgehead atoms. The minimum Gasteiger partial charge on any atom is -0.494 e. The molecule has 1 N–H and O–H groups in total. The van der Waals surface area contributed by atoms with Crippen molar-refractivity contribution < 1.29 is 19.0 Å². The van der Waals surface area contributed by atoms with Crippen LogP contribution in [0.2, 0.25) is 10.0 Å². The summed E-state index contributed by atoms with van der Waals surface area (Å²) in [4.78, 5) is 12.2. The molecule has 3 aromatic carbocycles. The van der Waals surface area contributed by atoms with Gasteiger partial charge in [0.05, 0.1) is 30.9 Å². The topological polar surface area (TPSA) is 69.2 Å². The van der Waals surface area contributed by atoms with Gasteiger partial charge >= 0.3 is 0 Å². The molecule has 0 aromatic heterocycles. The average Bonchev–Trinajstić information content (AvgIpc) is 2.81. The number of amides is 1. The van der Waals surface area contributed by atoms with Crippen molar-refractivity contribution in [1.82, 2.24) is 5.43 Å². The number of ether oxygens (including phenoxy) is 3. The van der Waals surface area contributed by atoms with E-state index in [0.717, 1.165) is 16.9 Å². The molecule has 0 atom stereocenters. The van der Waals surface area contributed by atoms with Gasteiger partial charge in [-0.2, -0.15) is 5.10 Å². The third-order valence-electron chi connectivity index (χ3n) is 4.66. The fraction of sp³-hybridized carbons (Fsp3) is 0.231. The lowest BCUT2D eigenvalue weighted by atomic mass is 10.1. The summed E-state index contributed by atoms with van der Waals surface area (Å²) >= 11 is 12.7. The van der Waals surface area contributed by atoms with Gasteiger partial charge in [0.15, 0.2) is 11.5 Å². The van der Waals surface area contributed by atoms with E-state index < -0.39 is 0 Å². The molecule has 0 radical (unpaired) electrons. The number of carbonyl (C=O) groups excluding carboxylic acids is 1. The summed E-state index contributed by atoms with van der Waals surface area (Å²) in [7, 11) is 0. The van der Waals surface area contributed by atoms with Crippen LogP contribution >= 0.6 is 23.2 Å². The number of hydrogen-bond acceptors (Lipinski definition) is 5. The molecule has 0 saturated heterocycles. The molecule has 0 spiro atoms. The standard InChI is InChI=1S/C26H26Cl2N2O4/c1-3-32-21-11-9-18(10-12-21)15-25(31)30-29-16-19-13-23(28)26(24(14-19)33-4-2)34-17-20-7-5-6-8-22(20)27/h5-14,16H,3-4,15,17H2,1-2H3,(H,30,31)/b29-16-. The smallest absolute Gasteiger partial charge is 0.244 e. The van der Waals surface area contributed by atoms with E-state index in [1.54, 1.807) is 18.2 Å². The molecule has 0 unspecified atom stereocenters. The van der Waals surface area contributed by atoms with Crippen LogP contribution in [0.4, 0.5) is 0 Å². The van der Waals surface area contributed by atoms with Crippen LogP contribution in [0.15, 0.2) is 65.8 Å². The lowest BCUT2D eigenvalue weighted by Crippen LogP contribution is -2.19. The molecule has 34 heavy (non-hydrogen) atoms. The van der Waals surface area contributed by atoms with E-state index in [1.165, 1.54) is 6.21 Å². The first kappa shape index (κ1) is 25.4. The zero-order valence-corrected chi connectivity index (χ0v) is 20.5. The highest BCUT2D eigenvalue weighted by atomic mass is 35.5. The minimum atomic E-state index is -0.240. The van der Waals surface area contributed by atoms with Gasteiger partial charge in [-0.15, -0.1) is 0 Å². The van der Waals surface area contributed by atoms with Gasteiger partial charge in [0.25, 0.3) is 0 Å². The number of hydrogen-bond donors (Lipinski definition) is 1. The van der Waals surface area contributed by atoms with Crippen molar-refractivity contribution in [3.8, 4) is 17.2 Å². The highest BCUT2D eigenvalue weighted by Gasteiger charge is 2.13. The molecular formula is C26H26Cl2N2O4. The molecule has 1 amide bonds. The Kier molecular flexibility index (Phi) is 9.62. The molecule has 8 heteroatoms. The number of hydrazone groups is 1. The molecule has 6 nitrogen and oxygen atoms in total. The maximum Gasteiger partial charge on any atom is 0.244 e. The third kappa shape index (κ3) is 7.40. The normalized spacial score (nSPS) is 10.8. The van der Waals surface area contributed by atoms with Gasteiger partial charge in [-0.25, -0.2) is 5.43 Å². The van der Waals surface area contributed by atoms with Crippen LogP contribution in [0, 0.1) is 0 Å². The van der Waals surface area contributed by atoms with Crippen LogP contribution in [-0.4, -0.2) is 25.3 Å². The summed E-state index contributed by atoms with van der Waals surface area (Å²) in [5.41, 5.74) is 4.88. The number of benzene rings is 3. The fourth-order valence-electron chi connectivity index (χ4n) is 3.10. The summed E-state index contributed by atoms with van der Waals surface area (Å²) in [6.45, 7) is 5.06. The van der Waals surface area contributed by atoms with Crippen LogP contribution in [0.25, 0.3) is 0 Å². The first-order chi connectivity index (χ1) is 16.5. The summed E-state index contributed by atoms with van der Waals surface area (Å²) in [5, 5.41) is 5.01. The van der Waals surface area contributed by atoms with E-state index in [-0.39, 0.29) is 18.9 Å². The Morgan fingerprint density at radius 3 is 2.38 bits per heavy atom. The van der Waals surface area contributed by atoms with E-state index in [1.807, 2.05) is 56.3 Å². The predicted octanol–water partition coefficient (Wildman–Crippen LogP) is 6.06. The molecular weight excluding hydrogens is 475 g/mol. The minimum absolute atomic E-state index is 0.198. The second kappa shape index (κ2) is 12.9. The van der Waals surface area contributed by atoms with Crippen LogP contribution < -0.4 is 19.6 Å². The van der Waals surface area contributed by atoms with Gasteiger partial charge in [-0.3, -0.25) is 4.79 Å². The molecule has 0 saturated carbocycles. The van der Waals surface area contributed by atoms with Gasteiger partial charge in [0, 0.05) is 10.6 Å². The Labute approximate surface area is 209 Å². The third-order valence-corrected chi connectivity index (χ3v) is 5.31. The Balaban J connectivity index is 1.63. The van der Waals surface area contributed by atoms with Gasteiger partial charge in [-0.1, -0.05) is 53.5 Å². The van der Waals surface area contributed by atoms with Crippen LogP contribution in [0.5, 0.6) is 17.2 Å². The lowest BCUT2D eigenvalue weighted by Gasteiger charge is -2.15. The lowest BCUT2D eigenvalue weighted by molar-refractivity contribution is -0.120. The van der Waals surface area contributed by atoms with Crippen molar-refractivity contribution in [2.24, 2.45) is 5.10 Å². The van der Waals surface area contributed by atoms with Crippen molar-refractivity contribution in [2.75, 3.05) is 13.2 Å². The molecule has 0 aliphatic carbocycles.